The van der Waals surface area contributed by atoms with Gasteiger partial charge >= 0.3 is 0 Å². The number of benzene rings is 1. The third-order valence-electron chi connectivity index (χ3n) is 3.84. The molecule has 4 heteroatoms. The van der Waals surface area contributed by atoms with Crippen molar-refractivity contribution in [1.82, 2.24) is 5.32 Å². The highest BCUT2D eigenvalue weighted by atomic mass is 35.5. The van der Waals surface area contributed by atoms with Crippen LogP contribution in [0.5, 0.6) is 0 Å². The zero-order valence-corrected chi connectivity index (χ0v) is 12.8. The van der Waals surface area contributed by atoms with Crippen LogP contribution in [0.15, 0.2) is 18.2 Å². The Bertz CT molecular complexity index is 456. The topological polar surface area (TPSA) is 15.3 Å². The minimum atomic E-state index is -0.242. The molecule has 0 spiro atoms. The first-order chi connectivity index (χ1) is 8.79. The fourth-order valence-corrected chi connectivity index (χ4v) is 2.65. The minimum absolute atomic E-state index is 0.154. The number of halogens is 2. The highest BCUT2D eigenvalue weighted by Crippen LogP contribution is 2.29. The van der Waals surface area contributed by atoms with Crippen LogP contribution in [0.3, 0.4) is 0 Å². The van der Waals surface area contributed by atoms with Crippen LogP contribution in [-0.2, 0) is 0 Å². The Hall–Kier alpha value is -0.800. The van der Waals surface area contributed by atoms with Crippen molar-refractivity contribution in [2.24, 2.45) is 5.41 Å². The minimum Gasteiger partial charge on any atom is -0.364 e. The maximum Gasteiger partial charge on any atom is 0.147 e. The number of nitrogens with one attached hydrogen (secondary N) is 1. The Morgan fingerprint density at radius 3 is 2.63 bits per heavy atom. The van der Waals surface area contributed by atoms with Crippen LogP contribution in [0.4, 0.5) is 10.1 Å². The second kappa shape index (κ2) is 5.29. The van der Waals surface area contributed by atoms with Crippen LogP contribution in [0.25, 0.3) is 0 Å². The Kier molecular flexibility index (Phi) is 4.07. The average molecular weight is 285 g/mol. The Morgan fingerprint density at radius 2 is 2.05 bits per heavy atom. The van der Waals surface area contributed by atoms with Crippen molar-refractivity contribution in [3.8, 4) is 0 Å². The summed E-state index contributed by atoms with van der Waals surface area (Å²) in [4.78, 5) is 2.14. The van der Waals surface area contributed by atoms with Crippen LogP contribution < -0.4 is 10.2 Å². The highest BCUT2D eigenvalue weighted by Gasteiger charge is 2.33. The number of nitrogens with zero attached hydrogens (tertiary/aromatic N) is 1. The highest BCUT2D eigenvalue weighted by molar-refractivity contribution is 6.30. The van der Waals surface area contributed by atoms with E-state index in [9.17, 15) is 4.39 Å². The zero-order chi connectivity index (χ0) is 14.2. The Morgan fingerprint density at radius 1 is 1.37 bits per heavy atom. The van der Waals surface area contributed by atoms with E-state index in [-0.39, 0.29) is 17.3 Å². The van der Waals surface area contributed by atoms with Crippen LogP contribution in [0, 0.1) is 11.2 Å². The molecule has 1 saturated heterocycles. The molecular weight excluding hydrogens is 263 g/mol. The molecule has 1 heterocycles. The van der Waals surface area contributed by atoms with Gasteiger partial charge in [0.15, 0.2) is 0 Å². The molecule has 1 aromatic rings. The van der Waals surface area contributed by atoms with Gasteiger partial charge in [-0.05, 0) is 30.5 Å². The van der Waals surface area contributed by atoms with Crippen molar-refractivity contribution in [3.63, 3.8) is 0 Å². The summed E-state index contributed by atoms with van der Waals surface area (Å²) in [6, 6.07) is 5.53. The molecule has 1 fully saturated rings. The van der Waals surface area contributed by atoms with Gasteiger partial charge in [0.1, 0.15) is 5.82 Å². The molecule has 0 radical (unpaired) electrons. The van der Waals surface area contributed by atoms with Crippen LogP contribution >= 0.6 is 11.6 Å². The SMILES string of the molecule is CC1CNC(C(C)(C)C)CN1c1ccc(Cl)cc1F. The predicted octanol–water partition coefficient (Wildman–Crippen LogP) is 3.69. The number of hydrogen-bond donors (Lipinski definition) is 1. The molecule has 2 rings (SSSR count). The van der Waals surface area contributed by atoms with Crippen molar-refractivity contribution >= 4 is 17.3 Å². The van der Waals surface area contributed by atoms with Crippen LogP contribution in [0.2, 0.25) is 5.02 Å². The molecule has 2 unspecified atom stereocenters. The molecule has 0 aliphatic carbocycles. The van der Waals surface area contributed by atoms with E-state index < -0.39 is 0 Å². The summed E-state index contributed by atoms with van der Waals surface area (Å²) in [6.07, 6.45) is 0. The molecule has 0 bridgehead atoms. The summed E-state index contributed by atoms with van der Waals surface area (Å²) in [7, 11) is 0. The second-order valence-electron chi connectivity index (χ2n) is 6.42. The lowest BCUT2D eigenvalue weighted by Gasteiger charge is -2.45. The van der Waals surface area contributed by atoms with Gasteiger partial charge in [-0.2, -0.15) is 0 Å². The number of anilines is 1. The van der Waals surface area contributed by atoms with Crippen molar-refractivity contribution in [3.05, 3.63) is 29.0 Å². The van der Waals surface area contributed by atoms with Crippen molar-refractivity contribution < 1.29 is 4.39 Å². The van der Waals surface area contributed by atoms with Crippen molar-refractivity contribution in [2.45, 2.75) is 39.8 Å². The normalized spacial score (nSPS) is 24.6. The van der Waals surface area contributed by atoms with Gasteiger partial charge in [0, 0.05) is 30.2 Å². The van der Waals surface area contributed by atoms with Crippen molar-refractivity contribution in [1.29, 1.82) is 0 Å². The van der Waals surface area contributed by atoms with E-state index in [0.717, 1.165) is 13.1 Å². The number of piperazine rings is 1. The van der Waals surface area contributed by atoms with E-state index in [1.807, 2.05) is 0 Å². The number of hydrogen-bond acceptors (Lipinski definition) is 2. The standard InChI is InChI=1S/C15H22ClFN2/c1-10-8-18-14(15(2,3)4)9-19(10)13-6-5-11(16)7-12(13)17/h5-7,10,14,18H,8-9H2,1-4H3. The van der Waals surface area contributed by atoms with Gasteiger partial charge in [-0.25, -0.2) is 4.39 Å². The van der Waals surface area contributed by atoms with Gasteiger partial charge in [0.2, 0.25) is 0 Å². The van der Waals surface area contributed by atoms with Gasteiger partial charge in [0.05, 0.1) is 5.69 Å². The monoisotopic (exact) mass is 284 g/mol. The maximum absolute atomic E-state index is 14.1. The molecule has 1 aromatic carbocycles. The number of rotatable bonds is 1. The van der Waals surface area contributed by atoms with Gasteiger partial charge in [0.25, 0.3) is 0 Å². The summed E-state index contributed by atoms with van der Waals surface area (Å²) in [5.41, 5.74) is 0.800. The molecule has 2 nitrogen and oxygen atoms in total. The van der Waals surface area contributed by atoms with Gasteiger partial charge in [-0.3, -0.25) is 0 Å². The first kappa shape index (κ1) is 14.6. The summed E-state index contributed by atoms with van der Waals surface area (Å²) in [5, 5.41) is 3.99. The average Bonchev–Trinajstić information content (AvgIpc) is 2.29. The van der Waals surface area contributed by atoms with E-state index >= 15 is 0 Å². The molecule has 1 aliphatic rings. The second-order valence-corrected chi connectivity index (χ2v) is 6.86. The zero-order valence-electron chi connectivity index (χ0n) is 12.0. The Labute approximate surface area is 119 Å². The molecule has 0 amide bonds. The lowest BCUT2D eigenvalue weighted by atomic mass is 9.84. The molecule has 19 heavy (non-hydrogen) atoms. The smallest absolute Gasteiger partial charge is 0.147 e. The summed E-state index contributed by atoms with van der Waals surface area (Å²) in [5.74, 6) is -0.242. The van der Waals surface area contributed by atoms with E-state index in [1.54, 1.807) is 12.1 Å². The summed E-state index contributed by atoms with van der Waals surface area (Å²) in [6.45, 7) is 10.4. The first-order valence-corrected chi connectivity index (χ1v) is 7.12. The fraction of sp³-hybridized carbons (Fsp3) is 0.600. The Balaban J connectivity index is 2.26. The maximum atomic E-state index is 14.1. The lowest BCUT2D eigenvalue weighted by molar-refractivity contribution is 0.238. The van der Waals surface area contributed by atoms with Gasteiger partial charge in [-0.15, -0.1) is 0 Å². The van der Waals surface area contributed by atoms with E-state index in [0.29, 0.717) is 16.8 Å². The third kappa shape index (κ3) is 3.21. The molecule has 1 aliphatic heterocycles. The first-order valence-electron chi connectivity index (χ1n) is 6.74. The van der Waals surface area contributed by atoms with E-state index in [2.05, 4.69) is 37.9 Å². The predicted molar refractivity (Wildman–Crippen MR) is 79.5 cm³/mol. The van der Waals surface area contributed by atoms with E-state index in [4.69, 9.17) is 11.6 Å². The van der Waals surface area contributed by atoms with E-state index in [1.165, 1.54) is 6.07 Å². The molecular formula is C15H22ClFN2. The molecule has 0 aromatic heterocycles. The molecule has 1 N–H and O–H groups in total. The van der Waals surface area contributed by atoms with Crippen molar-refractivity contribution in [2.75, 3.05) is 18.0 Å². The van der Waals surface area contributed by atoms with Crippen LogP contribution in [-0.4, -0.2) is 25.2 Å². The molecule has 0 saturated carbocycles. The van der Waals surface area contributed by atoms with Gasteiger partial charge in [-0.1, -0.05) is 32.4 Å². The molecule has 106 valence electrons. The van der Waals surface area contributed by atoms with Crippen LogP contribution in [0.1, 0.15) is 27.7 Å². The van der Waals surface area contributed by atoms with Gasteiger partial charge < -0.3 is 10.2 Å². The molecule has 2 atom stereocenters. The lowest BCUT2D eigenvalue weighted by Crippen LogP contribution is -2.59. The summed E-state index contributed by atoms with van der Waals surface area (Å²) >= 11 is 5.82. The fourth-order valence-electron chi connectivity index (χ4n) is 2.49. The largest absolute Gasteiger partial charge is 0.364 e. The quantitative estimate of drug-likeness (QED) is 0.846. The third-order valence-corrected chi connectivity index (χ3v) is 4.07. The summed E-state index contributed by atoms with van der Waals surface area (Å²) < 4.78 is 14.1.